The minimum atomic E-state index is -3.74. The number of likely N-dealkylation sites (N-methyl/N-ethyl adjacent to an activating group) is 1. The third-order valence-electron chi connectivity index (χ3n) is 5.23. The summed E-state index contributed by atoms with van der Waals surface area (Å²) in [7, 11) is -1.73. The molecule has 1 aliphatic carbocycles. The van der Waals surface area contributed by atoms with Crippen molar-refractivity contribution in [2.45, 2.75) is 35.3 Å². The maximum absolute atomic E-state index is 13.3. The van der Waals surface area contributed by atoms with Crippen LogP contribution in [0.3, 0.4) is 0 Å². The summed E-state index contributed by atoms with van der Waals surface area (Å²) in [5.74, 6) is -0.219. The molecule has 1 aromatic rings. The number of nitrogens with zero attached hydrogens (tertiary/aromatic N) is 2. The molecule has 1 amide bonds. The molecule has 0 radical (unpaired) electrons. The molecule has 2 fully saturated rings. The van der Waals surface area contributed by atoms with Crippen LogP contribution < -0.4 is 0 Å². The molecule has 1 aromatic carbocycles. The van der Waals surface area contributed by atoms with Crippen LogP contribution >= 0.6 is 11.6 Å². The first-order chi connectivity index (χ1) is 11.4. The van der Waals surface area contributed by atoms with E-state index in [2.05, 4.69) is 4.90 Å². The highest BCUT2D eigenvalue weighted by atomic mass is 35.5. The number of benzene rings is 1. The zero-order valence-electron chi connectivity index (χ0n) is 13.9. The van der Waals surface area contributed by atoms with Crippen LogP contribution in [-0.4, -0.2) is 62.1 Å². The number of hydrogen-bond donors (Lipinski definition) is 0. The van der Waals surface area contributed by atoms with E-state index in [1.54, 1.807) is 17.0 Å². The molecule has 132 valence electrons. The predicted octanol–water partition coefficient (Wildman–Crippen LogP) is 2.20. The third-order valence-corrected chi connectivity index (χ3v) is 7.99. The molecule has 0 spiro atoms. The maximum Gasteiger partial charge on any atom is 0.244 e. The van der Waals surface area contributed by atoms with Crippen LogP contribution in [0.25, 0.3) is 0 Å². The van der Waals surface area contributed by atoms with Gasteiger partial charge in [0.25, 0.3) is 0 Å². The number of rotatable bonds is 3. The zero-order valence-corrected chi connectivity index (χ0v) is 15.4. The number of hydrogen-bond acceptors (Lipinski definition) is 4. The highest BCUT2D eigenvalue weighted by Crippen LogP contribution is 2.42. The lowest BCUT2D eigenvalue weighted by Gasteiger charge is -2.38. The Kier molecular flexibility index (Phi) is 4.91. The molecule has 2 aliphatic rings. The standard InChI is InChI=1S/C17H23ClN2O3S/c1-19-10-12-20(13-11-19)16(21)17(8-2-3-9-17)24(22,23)15-6-4-14(18)5-7-15/h4-7H,2-3,8-13H2,1H3. The van der Waals surface area contributed by atoms with Crippen LogP contribution in [0.4, 0.5) is 0 Å². The first-order valence-corrected chi connectivity index (χ1v) is 10.2. The summed E-state index contributed by atoms with van der Waals surface area (Å²) in [6.07, 6.45) is 2.35. The Morgan fingerprint density at radius 2 is 1.58 bits per heavy atom. The van der Waals surface area contributed by atoms with Gasteiger partial charge in [0.15, 0.2) is 14.6 Å². The molecule has 0 aromatic heterocycles. The SMILES string of the molecule is CN1CCN(C(=O)C2(S(=O)(=O)c3ccc(Cl)cc3)CCCC2)CC1. The average Bonchev–Trinajstić information content (AvgIpc) is 3.07. The molecule has 1 saturated carbocycles. The molecule has 7 heteroatoms. The van der Waals surface area contributed by atoms with Crippen LogP contribution in [0.2, 0.25) is 5.02 Å². The van der Waals surface area contributed by atoms with E-state index >= 15 is 0 Å². The van der Waals surface area contributed by atoms with Crippen molar-refractivity contribution < 1.29 is 13.2 Å². The van der Waals surface area contributed by atoms with Crippen molar-refractivity contribution in [2.24, 2.45) is 0 Å². The molecule has 0 bridgehead atoms. The Labute approximate surface area is 148 Å². The van der Waals surface area contributed by atoms with E-state index in [1.807, 2.05) is 7.05 Å². The fourth-order valence-corrected chi connectivity index (χ4v) is 5.94. The summed E-state index contributed by atoms with van der Waals surface area (Å²) < 4.78 is 25.3. The van der Waals surface area contributed by atoms with Crippen LogP contribution in [-0.2, 0) is 14.6 Å². The van der Waals surface area contributed by atoms with Crippen LogP contribution in [0.15, 0.2) is 29.2 Å². The van der Waals surface area contributed by atoms with Crippen molar-refractivity contribution >= 4 is 27.3 Å². The normalized spacial score (nSPS) is 21.8. The van der Waals surface area contributed by atoms with Gasteiger partial charge in [-0.2, -0.15) is 0 Å². The molecule has 0 N–H and O–H groups in total. The van der Waals surface area contributed by atoms with Gasteiger partial charge in [0.2, 0.25) is 5.91 Å². The maximum atomic E-state index is 13.3. The van der Waals surface area contributed by atoms with Crippen molar-refractivity contribution in [3.8, 4) is 0 Å². The third kappa shape index (κ3) is 2.95. The van der Waals surface area contributed by atoms with Crippen LogP contribution in [0.5, 0.6) is 0 Å². The molecular formula is C17H23ClN2O3S. The van der Waals surface area contributed by atoms with E-state index < -0.39 is 14.6 Å². The topological polar surface area (TPSA) is 57.7 Å². The van der Waals surface area contributed by atoms with E-state index in [1.165, 1.54) is 12.1 Å². The Morgan fingerprint density at radius 1 is 1.04 bits per heavy atom. The van der Waals surface area contributed by atoms with E-state index in [-0.39, 0.29) is 10.8 Å². The smallest absolute Gasteiger partial charge is 0.244 e. The average molecular weight is 371 g/mol. The number of halogens is 1. The molecule has 0 unspecified atom stereocenters. The van der Waals surface area contributed by atoms with Gasteiger partial charge in [-0.25, -0.2) is 8.42 Å². The number of carbonyl (C=O) groups is 1. The minimum absolute atomic E-state index is 0.191. The molecule has 1 saturated heterocycles. The van der Waals surface area contributed by atoms with Gasteiger partial charge >= 0.3 is 0 Å². The van der Waals surface area contributed by atoms with E-state index in [9.17, 15) is 13.2 Å². The first-order valence-electron chi connectivity index (χ1n) is 8.35. The van der Waals surface area contributed by atoms with Gasteiger partial charge in [-0.15, -0.1) is 0 Å². The van der Waals surface area contributed by atoms with E-state index in [0.29, 0.717) is 31.0 Å². The lowest BCUT2D eigenvalue weighted by atomic mass is 10.0. The van der Waals surface area contributed by atoms with Crippen molar-refractivity contribution in [2.75, 3.05) is 33.2 Å². The Morgan fingerprint density at radius 3 is 2.12 bits per heavy atom. The molecule has 1 heterocycles. The van der Waals surface area contributed by atoms with Gasteiger partial charge in [0.05, 0.1) is 4.90 Å². The van der Waals surface area contributed by atoms with Gasteiger partial charge in [0, 0.05) is 31.2 Å². The van der Waals surface area contributed by atoms with Crippen LogP contribution in [0.1, 0.15) is 25.7 Å². The summed E-state index contributed by atoms with van der Waals surface area (Å²) in [5.41, 5.74) is 0. The predicted molar refractivity (Wildman–Crippen MR) is 93.9 cm³/mol. The van der Waals surface area contributed by atoms with Crippen molar-refractivity contribution in [1.82, 2.24) is 9.80 Å². The summed E-state index contributed by atoms with van der Waals surface area (Å²) in [5, 5.41) is 0.486. The van der Waals surface area contributed by atoms with Gasteiger partial charge in [-0.1, -0.05) is 24.4 Å². The second-order valence-electron chi connectivity index (χ2n) is 6.75. The van der Waals surface area contributed by atoms with Gasteiger partial charge < -0.3 is 9.80 Å². The Balaban J connectivity index is 1.96. The lowest BCUT2D eigenvalue weighted by molar-refractivity contribution is -0.135. The molecule has 3 rings (SSSR count). The lowest BCUT2D eigenvalue weighted by Crippen LogP contribution is -2.57. The molecule has 5 nitrogen and oxygen atoms in total. The van der Waals surface area contributed by atoms with Gasteiger partial charge in [-0.05, 0) is 44.2 Å². The molecular weight excluding hydrogens is 348 g/mol. The number of amides is 1. The molecule has 1 aliphatic heterocycles. The van der Waals surface area contributed by atoms with Crippen molar-refractivity contribution in [3.05, 3.63) is 29.3 Å². The number of carbonyl (C=O) groups excluding carboxylic acids is 1. The van der Waals surface area contributed by atoms with Crippen molar-refractivity contribution in [1.29, 1.82) is 0 Å². The van der Waals surface area contributed by atoms with Crippen LogP contribution in [0, 0.1) is 0 Å². The summed E-state index contributed by atoms with van der Waals surface area (Å²) in [6, 6.07) is 6.15. The van der Waals surface area contributed by atoms with Crippen molar-refractivity contribution in [3.63, 3.8) is 0 Å². The fraction of sp³-hybridized carbons (Fsp3) is 0.588. The Bertz CT molecular complexity index is 704. The van der Waals surface area contributed by atoms with Gasteiger partial charge in [-0.3, -0.25) is 4.79 Å². The monoisotopic (exact) mass is 370 g/mol. The summed E-state index contributed by atoms with van der Waals surface area (Å²) >= 11 is 5.88. The molecule has 24 heavy (non-hydrogen) atoms. The molecule has 0 atom stereocenters. The van der Waals surface area contributed by atoms with E-state index in [0.717, 1.165) is 25.9 Å². The minimum Gasteiger partial charge on any atom is -0.339 e. The first kappa shape index (κ1) is 17.7. The second-order valence-corrected chi connectivity index (χ2v) is 9.45. The second kappa shape index (κ2) is 6.65. The largest absolute Gasteiger partial charge is 0.339 e. The van der Waals surface area contributed by atoms with Gasteiger partial charge in [0.1, 0.15) is 0 Å². The number of sulfone groups is 1. The zero-order chi connectivity index (χ0) is 17.4. The summed E-state index contributed by atoms with van der Waals surface area (Å²) in [4.78, 5) is 17.3. The Hall–Kier alpha value is -1.11. The quantitative estimate of drug-likeness (QED) is 0.818. The number of piperazine rings is 1. The fourth-order valence-electron chi connectivity index (χ4n) is 3.68. The summed E-state index contributed by atoms with van der Waals surface area (Å²) in [6.45, 7) is 2.74. The van der Waals surface area contributed by atoms with E-state index in [4.69, 9.17) is 11.6 Å². The highest BCUT2D eigenvalue weighted by Gasteiger charge is 2.54. The highest BCUT2D eigenvalue weighted by molar-refractivity contribution is 7.93.